The lowest BCUT2D eigenvalue weighted by molar-refractivity contribution is -0.118. The maximum absolute atomic E-state index is 12.4. The summed E-state index contributed by atoms with van der Waals surface area (Å²) >= 11 is 1.67. The van der Waals surface area contributed by atoms with Crippen LogP contribution in [0.25, 0.3) is 11.5 Å². The topological polar surface area (TPSA) is 85.1 Å². The highest BCUT2D eigenvalue weighted by Gasteiger charge is 2.16. The van der Waals surface area contributed by atoms with E-state index >= 15 is 0 Å². The van der Waals surface area contributed by atoms with Crippen LogP contribution in [-0.4, -0.2) is 38.6 Å². The van der Waals surface area contributed by atoms with Crippen molar-refractivity contribution in [1.29, 1.82) is 0 Å². The number of pyridine rings is 1. The van der Waals surface area contributed by atoms with E-state index in [2.05, 4.69) is 15.3 Å². The summed E-state index contributed by atoms with van der Waals surface area (Å²) in [7, 11) is -1.36. The molecule has 1 aromatic carbocycles. The standard InChI is InChI=1S/C21H23N3O3S2/c1-15-19(24-21(27-15)17-5-7-18(28-2)8-6-17)13-29(26)14-20(25)23-11-9-16-4-3-10-22-12-16/h3-8,10,12H,9,11,13-14H2,1-2H3,(H,23,25). The lowest BCUT2D eigenvalue weighted by atomic mass is 10.2. The Labute approximate surface area is 177 Å². The first kappa shape index (κ1) is 21.3. The molecular formula is C21H23N3O3S2. The highest BCUT2D eigenvalue weighted by atomic mass is 32.2. The van der Waals surface area contributed by atoms with Gasteiger partial charge in [-0.1, -0.05) is 6.07 Å². The average Bonchev–Trinajstić information content (AvgIpc) is 3.09. The van der Waals surface area contributed by atoms with Gasteiger partial charge in [0.2, 0.25) is 11.8 Å². The van der Waals surface area contributed by atoms with Gasteiger partial charge in [-0.25, -0.2) is 4.98 Å². The van der Waals surface area contributed by atoms with Gasteiger partial charge >= 0.3 is 0 Å². The first-order valence-electron chi connectivity index (χ1n) is 9.16. The zero-order chi connectivity index (χ0) is 20.6. The number of aromatic nitrogens is 2. The highest BCUT2D eigenvalue weighted by Crippen LogP contribution is 2.25. The normalized spacial score (nSPS) is 11.9. The number of amides is 1. The molecule has 3 aromatic rings. The Morgan fingerprint density at radius 1 is 1.24 bits per heavy atom. The van der Waals surface area contributed by atoms with Crippen LogP contribution < -0.4 is 5.32 Å². The molecule has 0 spiro atoms. The summed E-state index contributed by atoms with van der Waals surface area (Å²) in [6.07, 6.45) is 6.19. The summed E-state index contributed by atoms with van der Waals surface area (Å²) in [6, 6.07) is 11.7. The summed E-state index contributed by atoms with van der Waals surface area (Å²) in [5.74, 6) is 1.02. The van der Waals surface area contributed by atoms with Gasteiger partial charge in [0.1, 0.15) is 11.5 Å². The van der Waals surface area contributed by atoms with Crippen LogP contribution in [0, 0.1) is 6.92 Å². The molecule has 2 aromatic heterocycles. The van der Waals surface area contributed by atoms with Crippen molar-refractivity contribution in [2.75, 3.05) is 18.6 Å². The number of hydrogen-bond acceptors (Lipinski definition) is 6. The number of aryl methyl sites for hydroxylation is 1. The quantitative estimate of drug-likeness (QED) is 0.525. The van der Waals surface area contributed by atoms with E-state index in [4.69, 9.17) is 4.42 Å². The van der Waals surface area contributed by atoms with Gasteiger partial charge in [0.25, 0.3) is 0 Å². The molecule has 29 heavy (non-hydrogen) atoms. The molecule has 0 aliphatic heterocycles. The smallest absolute Gasteiger partial charge is 0.232 e. The number of rotatable bonds is 9. The minimum Gasteiger partial charge on any atom is -0.441 e. The van der Waals surface area contributed by atoms with E-state index in [1.807, 2.05) is 42.7 Å². The van der Waals surface area contributed by atoms with Gasteiger partial charge in [-0.05, 0) is 55.5 Å². The first-order chi connectivity index (χ1) is 14.0. The van der Waals surface area contributed by atoms with Gasteiger partial charge in [0, 0.05) is 40.2 Å². The van der Waals surface area contributed by atoms with E-state index in [0.717, 1.165) is 16.0 Å². The minimum atomic E-state index is -1.36. The van der Waals surface area contributed by atoms with E-state index in [1.54, 1.807) is 31.1 Å². The Morgan fingerprint density at radius 3 is 2.72 bits per heavy atom. The Hall–Kier alpha value is -2.45. The molecule has 0 aliphatic carbocycles. The summed E-state index contributed by atoms with van der Waals surface area (Å²) in [5, 5.41) is 2.80. The largest absolute Gasteiger partial charge is 0.441 e. The lowest BCUT2D eigenvalue weighted by Crippen LogP contribution is -2.30. The average molecular weight is 430 g/mol. The molecule has 0 saturated carbocycles. The molecule has 0 fully saturated rings. The second-order valence-corrected chi connectivity index (χ2v) is 8.78. The SMILES string of the molecule is CSc1ccc(-c2nc(CS(=O)CC(=O)NCCc3cccnc3)c(C)o2)cc1. The molecule has 1 N–H and O–H groups in total. The molecule has 1 amide bonds. The maximum Gasteiger partial charge on any atom is 0.232 e. The van der Waals surface area contributed by atoms with Gasteiger partial charge in [0.05, 0.1) is 11.4 Å². The summed E-state index contributed by atoms with van der Waals surface area (Å²) in [6.45, 7) is 2.29. The summed E-state index contributed by atoms with van der Waals surface area (Å²) < 4.78 is 18.1. The van der Waals surface area contributed by atoms with Crippen LogP contribution in [0.5, 0.6) is 0 Å². The summed E-state index contributed by atoms with van der Waals surface area (Å²) in [5.41, 5.74) is 2.54. The summed E-state index contributed by atoms with van der Waals surface area (Å²) in [4.78, 5) is 21.7. The van der Waals surface area contributed by atoms with E-state index in [0.29, 0.717) is 30.3 Å². The molecule has 6 nitrogen and oxygen atoms in total. The number of benzene rings is 1. The van der Waals surface area contributed by atoms with Crippen molar-refractivity contribution in [3.63, 3.8) is 0 Å². The second kappa shape index (κ2) is 10.4. The fraction of sp³-hybridized carbons (Fsp3) is 0.286. The van der Waals surface area contributed by atoms with Crippen LogP contribution in [-0.2, 0) is 27.8 Å². The van der Waals surface area contributed by atoms with Gasteiger partial charge < -0.3 is 9.73 Å². The van der Waals surface area contributed by atoms with E-state index in [1.165, 1.54) is 0 Å². The number of oxazole rings is 1. The second-order valence-electron chi connectivity index (χ2n) is 6.44. The van der Waals surface area contributed by atoms with Crippen molar-refractivity contribution in [2.24, 2.45) is 0 Å². The Balaban J connectivity index is 1.50. The van der Waals surface area contributed by atoms with E-state index in [9.17, 15) is 9.00 Å². The van der Waals surface area contributed by atoms with E-state index < -0.39 is 10.8 Å². The van der Waals surface area contributed by atoms with Crippen molar-refractivity contribution in [3.8, 4) is 11.5 Å². The number of hydrogen-bond donors (Lipinski definition) is 1. The third-order valence-electron chi connectivity index (χ3n) is 4.28. The van der Waals surface area contributed by atoms with Crippen LogP contribution in [0.4, 0.5) is 0 Å². The molecule has 0 radical (unpaired) electrons. The number of thioether (sulfide) groups is 1. The maximum atomic E-state index is 12.4. The minimum absolute atomic E-state index is 0.0584. The monoisotopic (exact) mass is 429 g/mol. The molecule has 3 rings (SSSR count). The van der Waals surface area contributed by atoms with E-state index in [-0.39, 0.29) is 17.4 Å². The van der Waals surface area contributed by atoms with Gasteiger partial charge in [-0.3, -0.25) is 14.0 Å². The van der Waals surface area contributed by atoms with Gasteiger partial charge in [0.15, 0.2) is 0 Å². The fourth-order valence-corrected chi connectivity index (χ4v) is 4.19. The molecule has 0 saturated heterocycles. The molecule has 1 atom stereocenters. The van der Waals surface area contributed by atoms with Gasteiger partial charge in [-0.2, -0.15) is 0 Å². The third kappa shape index (κ3) is 6.27. The predicted octanol–water partition coefficient (Wildman–Crippen LogP) is 3.37. The van der Waals surface area contributed by atoms with Crippen LogP contribution in [0.3, 0.4) is 0 Å². The molecule has 1 unspecified atom stereocenters. The number of carbonyl (C=O) groups excluding carboxylic acids is 1. The van der Waals surface area contributed by atoms with Crippen LogP contribution in [0.2, 0.25) is 0 Å². The molecule has 2 heterocycles. The highest BCUT2D eigenvalue weighted by molar-refractivity contribution is 7.98. The fourth-order valence-electron chi connectivity index (χ4n) is 2.71. The predicted molar refractivity (Wildman–Crippen MR) is 116 cm³/mol. The lowest BCUT2D eigenvalue weighted by Gasteiger charge is -2.05. The molecule has 8 heteroatoms. The number of nitrogens with zero attached hydrogens (tertiary/aromatic N) is 2. The molecule has 0 bridgehead atoms. The zero-order valence-electron chi connectivity index (χ0n) is 16.4. The molecule has 0 aliphatic rings. The van der Waals surface area contributed by atoms with Crippen molar-refractivity contribution < 1.29 is 13.4 Å². The van der Waals surface area contributed by atoms with Crippen LogP contribution >= 0.6 is 11.8 Å². The zero-order valence-corrected chi connectivity index (χ0v) is 18.0. The third-order valence-corrected chi connectivity index (χ3v) is 6.20. The number of nitrogens with one attached hydrogen (secondary N) is 1. The van der Waals surface area contributed by atoms with Crippen molar-refractivity contribution >= 4 is 28.5 Å². The van der Waals surface area contributed by atoms with Crippen LogP contribution in [0.1, 0.15) is 17.0 Å². The Morgan fingerprint density at radius 2 is 2.03 bits per heavy atom. The number of carbonyl (C=O) groups is 1. The first-order valence-corrected chi connectivity index (χ1v) is 11.9. The van der Waals surface area contributed by atoms with Crippen LogP contribution in [0.15, 0.2) is 58.1 Å². The molecule has 152 valence electrons. The van der Waals surface area contributed by atoms with Crippen molar-refractivity contribution in [3.05, 3.63) is 65.8 Å². The van der Waals surface area contributed by atoms with Crippen molar-refractivity contribution in [2.45, 2.75) is 24.0 Å². The molecular weight excluding hydrogens is 406 g/mol. The van der Waals surface area contributed by atoms with Crippen molar-refractivity contribution in [1.82, 2.24) is 15.3 Å². The Kier molecular flexibility index (Phi) is 7.60. The Bertz CT molecular complexity index is 973. The van der Waals surface area contributed by atoms with Gasteiger partial charge in [-0.15, -0.1) is 11.8 Å².